The molecule has 0 saturated heterocycles. The van der Waals surface area contributed by atoms with Gasteiger partial charge in [0.25, 0.3) is 0 Å². The first-order valence-electron chi connectivity index (χ1n) is 4.36. The maximum atomic E-state index is 4.20. The summed E-state index contributed by atoms with van der Waals surface area (Å²) in [7, 11) is 0. The van der Waals surface area contributed by atoms with Crippen LogP contribution in [0.2, 0.25) is 0 Å². The van der Waals surface area contributed by atoms with Gasteiger partial charge in [-0.2, -0.15) is 0 Å². The molecule has 0 saturated carbocycles. The van der Waals surface area contributed by atoms with Crippen LogP contribution in [0.4, 0.5) is 0 Å². The van der Waals surface area contributed by atoms with Crippen LogP contribution in [0.1, 0.15) is 0 Å². The fourth-order valence-electron chi connectivity index (χ4n) is 1.73. The van der Waals surface area contributed by atoms with E-state index in [0.717, 1.165) is 10.1 Å². The Morgan fingerprint density at radius 1 is 1.14 bits per heavy atom. The van der Waals surface area contributed by atoms with Crippen LogP contribution in [0, 0.1) is 0 Å². The van der Waals surface area contributed by atoms with Crippen molar-refractivity contribution in [1.29, 1.82) is 0 Å². The Hall–Kier alpha value is -1.35. The number of benzene rings is 1. The van der Waals surface area contributed by atoms with Gasteiger partial charge >= 0.3 is 0 Å². The molecule has 0 radical (unpaired) electrons. The van der Waals surface area contributed by atoms with Crippen molar-refractivity contribution in [1.82, 2.24) is 9.38 Å². The molecular weight excluding hydrogens is 240 g/mol. The van der Waals surface area contributed by atoms with E-state index in [2.05, 4.69) is 43.5 Å². The van der Waals surface area contributed by atoms with E-state index in [4.69, 9.17) is 0 Å². The first-order valence-corrected chi connectivity index (χ1v) is 5.16. The molecule has 0 bridgehead atoms. The molecule has 3 aromatic rings. The van der Waals surface area contributed by atoms with E-state index in [1.807, 2.05) is 18.3 Å². The lowest BCUT2D eigenvalue weighted by Gasteiger charge is -1.96. The van der Waals surface area contributed by atoms with E-state index in [9.17, 15) is 0 Å². The third kappa shape index (κ3) is 0.990. The molecular formula is C11H7BrN2. The smallest absolute Gasteiger partial charge is 0.130 e. The summed E-state index contributed by atoms with van der Waals surface area (Å²) < 4.78 is 3.02. The number of fused-ring (bicyclic) bond motifs is 3. The Morgan fingerprint density at radius 2 is 2.00 bits per heavy atom. The number of hydrogen-bond donors (Lipinski definition) is 0. The maximum absolute atomic E-state index is 4.20. The van der Waals surface area contributed by atoms with E-state index in [1.165, 1.54) is 10.9 Å². The van der Waals surface area contributed by atoms with Crippen molar-refractivity contribution >= 4 is 32.3 Å². The molecule has 2 nitrogen and oxygen atoms in total. The quantitative estimate of drug-likeness (QED) is 0.596. The first-order chi connectivity index (χ1) is 6.86. The van der Waals surface area contributed by atoms with Crippen LogP contribution in [0.3, 0.4) is 0 Å². The second-order valence-electron chi connectivity index (χ2n) is 3.18. The van der Waals surface area contributed by atoms with Gasteiger partial charge in [0.05, 0.1) is 11.0 Å². The Bertz CT molecular complexity index is 613. The van der Waals surface area contributed by atoms with Crippen molar-refractivity contribution < 1.29 is 0 Å². The molecule has 0 fully saturated rings. The van der Waals surface area contributed by atoms with Crippen LogP contribution in [-0.4, -0.2) is 9.38 Å². The SMILES string of the molecule is Brc1nccn2c1cc1ccccc12. The summed E-state index contributed by atoms with van der Waals surface area (Å²) in [6.45, 7) is 0. The highest BCUT2D eigenvalue weighted by molar-refractivity contribution is 9.10. The molecule has 68 valence electrons. The van der Waals surface area contributed by atoms with Gasteiger partial charge in [-0.3, -0.25) is 0 Å². The van der Waals surface area contributed by atoms with Crippen molar-refractivity contribution in [3.05, 3.63) is 47.3 Å². The van der Waals surface area contributed by atoms with Gasteiger partial charge in [-0.05, 0) is 28.1 Å². The van der Waals surface area contributed by atoms with Crippen LogP contribution in [0.15, 0.2) is 47.3 Å². The molecule has 0 aliphatic rings. The van der Waals surface area contributed by atoms with E-state index in [-0.39, 0.29) is 0 Å². The zero-order valence-corrected chi connectivity index (χ0v) is 8.90. The highest BCUT2D eigenvalue weighted by atomic mass is 79.9. The molecule has 0 amide bonds. The van der Waals surface area contributed by atoms with Crippen LogP contribution < -0.4 is 0 Å². The molecule has 0 aliphatic carbocycles. The highest BCUT2D eigenvalue weighted by Crippen LogP contribution is 2.23. The third-order valence-electron chi connectivity index (χ3n) is 2.36. The summed E-state index contributed by atoms with van der Waals surface area (Å²) in [6, 6.07) is 10.4. The molecule has 0 N–H and O–H groups in total. The molecule has 14 heavy (non-hydrogen) atoms. The first kappa shape index (κ1) is 8.00. The number of halogens is 1. The lowest BCUT2D eigenvalue weighted by molar-refractivity contribution is 1.15. The van der Waals surface area contributed by atoms with Crippen LogP contribution >= 0.6 is 15.9 Å². The number of nitrogens with zero attached hydrogens (tertiary/aromatic N) is 2. The number of rotatable bonds is 0. The van der Waals surface area contributed by atoms with Gasteiger partial charge in [-0.1, -0.05) is 18.2 Å². The van der Waals surface area contributed by atoms with Gasteiger partial charge in [-0.15, -0.1) is 0 Å². The minimum atomic E-state index is 0.885. The second kappa shape index (κ2) is 2.82. The molecule has 0 unspecified atom stereocenters. The minimum absolute atomic E-state index is 0.885. The number of para-hydroxylation sites is 1. The summed E-state index contributed by atoms with van der Waals surface area (Å²) in [5.74, 6) is 0. The summed E-state index contributed by atoms with van der Waals surface area (Å²) in [5, 5.41) is 1.24. The maximum Gasteiger partial charge on any atom is 0.130 e. The standard InChI is InChI=1S/C11H7BrN2/c12-11-10-7-8-3-1-2-4-9(8)14(10)6-5-13-11/h1-7H. The summed E-state index contributed by atoms with van der Waals surface area (Å²) >= 11 is 3.44. The van der Waals surface area contributed by atoms with Gasteiger partial charge in [0.15, 0.2) is 0 Å². The van der Waals surface area contributed by atoms with Gasteiger partial charge in [-0.25, -0.2) is 4.98 Å². The fourth-order valence-corrected chi connectivity index (χ4v) is 2.15. The zero-order chi connectivity index (χ0) is 9.54. The fraction of sp³-hybridized carbons (Fsp3) is 0. The monoisotopic (exact) mass is 246 g/mol. The third-order valence-corrected chi connectivity index (χ3v) is 2.97. The van der Waals surface area contributed by atoms with Crippen molar-refractivity contribution in [2.75, 3.05) is 0 Å². The van der Waals surface area contributed by atoms with Gasteiger partial charge in [0, 0.05) is 17.8 Å². The average molecular weight is 247 g/mol. The van der Waals surface area contributed by atoms with E-state index in [1.54, 1.807) is 6.20 Å². The molecule has 2 aromatic heterocycles. The normalized spacial score (nSPS) is 11.2. The Balaban J connectivity index is 2.63. The highest BCUT2D eigenvalue weighted by Gasteiger charge is 2.03. The summed E-state index contributed by atoms with van der Waals surface area (Å²) in [6.07, 6.45) is 3.77. The number of aromatic nitrogens is 2. The molecule has 3 heteroatoms. The molecule has 3 rings (SSSR count). The van der Waals surface area contributed by atoms with Crippen molar-refractivity contribution in [3.8, 4) is 0 Å². The number of hydrogen-bond acceptors (Lipinski definition) is 1. The predicted molar refractivity (Wildman–Crippen MR) is 60.4 cm³/mol. The van der Waals surface area contributed by atoms with Crippen LogP contribution in [0.25, 0.3) is 16.4 Å². The Labute approximate surface area is 89.3 Å². The average Bonchev–Trinajstić information content (AvgIpc) is 2.59. The molecule has 0 spiro atoms. The largest absolute Gasteiger partial charge is 0.312 e. The van der Waals surface area contributed by atoms with Crippen molar-refractivity contribution in [2.45, 2.75) is 0 Å². The zero-order valence-electron chi connectivity index (χ0n) is 7.31. The lowest BCUT2D eigenvalue weighted by atomic mass is 10.2. The van der Waals surface area contributed by atoms with E-state index < -0.39 is 0 Å². The van der Waals surface area contributed by atoms with Gasteiger partial charge < -0.3 is 4.40 Å². The Kier molecular flexibility index (Phi) is 1.61. The minimum Gasteiger partial charge on any atom is -0.312 e. The summed E-state index contributed by atoms with van der Waals surface area (Å²) in [4.78, 5) is 4.20. The predicted octanol–water partition coefficient (Wildman–Crippen LogP) is 3.25. The molecule has 0 atom stereocenters. The van der Waals surface area contributed by atoms with Crippen LogP contribution in [0.5, 0.6) is 0 Å². The molecule has 0 aliphatic heterocycles. The molecule has 2 heterocycles. The van der Waals surface area contributed by atoms with Gasteiger partial charge in [0.2, 0.25) is 0 Å². The topological polar surface area (TPSA) is 17.3 Å². The van der Waals surface area contributed by atoms with Crippen molar-refractivity contribution in [2.24, 2.45) is 0 Å². The Morgan fingerprint density at radius 3 is 2.93 bits per heavy atom. The van der Waals surface area contributed by atoms with E-state index in [0.29, 0.717) is 0 Å². The van der Waals surface area contributed by atoms with Gasteiger partial charge in [0.1, 0.15) is 4.60 Å². The molecule has 1 aromatic carbocycles. The van der Waals surface area contributed by atoms with Crippen molar-refractivity contribution in [3.63, 3.8) is 0 Å². The summed E-state index contributed by atoms with van der Waals surface area (Å²) in [5.41, 5.74) is 2.32. The second-order valence-corrected chi connectivity index (χ2v) is 3.93. The van der Waals surface area contributed by atoms with E-state index >= 15 is 0 Å². The lowest BCUT2D eigenvalue weighted by Crippen LogP contribution is -1.85. The van der Waals surface area contributed by atoms with Crippen LogP contribution in [-0.2, 0) is 0 Å².